The largest absolute Gasteiger partial charge is 0.489 e. The number of aromatic nitrogens is 7. The highest BCUT2D eigenvalue weighted by atomic mass is 16.5. The van der Waals surface area contributed by atoms with Gasteiger partial charge in [0.05, 0.1) is 47.5 Å². The highest BCUT2D eigenvalue weighted by Crippen LogP contribution is 2.30. The lowest BCUT2D eigenvalue weighted by atomic mass is 9.87. The second-order valence-electron chi connectivity index (χ2n) is 8.96. The molecule has 0 saturated heterocycles. The summed E-state index contributed by atoms with van der Waals surface area (Å²) < 4.78 is 7.83. The van der Waals surface area contributed by atoms with E-state index < -0.39 is 5.97 Å². The highest BCUT2D eigenvalue weighted by Gasteiger charge is 2.28. The number of carbonyl (C=O) groups is 1. The van der Waals surface area contributed by atoms with E-state index in [1.54, 1.807) is 10.9 Å². The van der Waals surface area contributed by atoms with E-state index in [9.17, 15) is 9.90 Å². The number of carboxylic acid groups (broad SMARTS) is 1. The molecule has 1 saturated carbocycles. The van der Waals surface area contributed by atoms with Crippen LogP contribution in [0.25, 0.3) is 11.4 Å². The van der Waals surface area contributed by atoms with E-state index in [1.165, 1.54) is 0 Å². The Morgan fingerprint density at radius 1 is 1.26 bits per heavy atom. The lowest BCUT2D eigenvalue weighted by molar-refractivity contribution is -0.143. The SMILES string of the molecule is CCCCc1cnnc(NCc2c(-c3ccc(O[C@H]4CCC[C@H](C(=O)O)C4)c(C)n3)nnn2C)n1. The van der Waals surface area contributed by atoms with Gasteiger partial charge in [-0.15, -0.1) is 10.2 Å². The summed E-state index contributed by atoms with van der Waals surface area (Å²) in [5, 5.41) is 29.2. The Bertz CT molecular complexity index is 1170. The molecule has 2 N–H and O–H groups in total. The monoisotopic (exact) mass is 480 g/mol. The van der Waals surface area contributed by atoms with Gasteiger partial charge in [0.15, 0.2) is 0 Å². The Morgan fingerprint density at radius 3 is 2.89 bits per heavy atom. The molecule has 11 heteroatoms. The molecule has 2 atom stereocenters. The van der Waals surface area contributed by atoms with Crippen molar-refractivity contribution in [3.05, 3.63) is 35.4 Å². The number of anilines is 1. The van der Waals surface area contributed by atoms with Gasteiger partial charge in [-0.05, 0) is 57.6 Å². The van der Waals surface area contributed by atoms with Gasteiger partial charge in [-0.2, -0.15) is 5.10 Å². The van der Waals surface area contributed by atoms with Crippen LogP contribution < -0.4 is 10.1 Å². The molecule has 0 spiro atoms. The molecule has 3 aromatic heterocycles. The summed E-state index contributed by atoms with van der Waals surface area (Å²) in [6, 6.07) is 3.73. The van der Waals surface area contributed by atoms with Crippen molar-refractivity contribution in [2.24, 2.45) is 13.0 Å². The second kappa shape index (κ2) is 11.2. The van der Waals surface area contributed by atoms with Crippen molar-refractivity contribution in [3.8, 4) is 17.1 Å². The van der Waals surface area contributed by atoms with Crippen molar-refractivity contribution < 1.29 is 14.6 Å². The van der Waals surface area contributed by atoms with Crippen LogP contribution >= 0.6 is 0 Å². The number of rotatable bonds is 10. The lowest BCUT2D eigenvalue weighted by Crippen LogP contribution is -2.29. The molecule has 0 aromatic carbocycles. The zero-order valence-electron chi connectivity index (χ0n) is 20.4. The average molecular weight is 481 g/mol. The normalized spacial score (nSPS) is 17.8. The number of unbranched alkanes of at least 4 members (excludes halogenated alkanes) is 1. The first-order valence-corrected chi connectivity index (χ1v) is 12.1. The first-order chi connectivity index (χ1) is 16.9. The Morgan fingerprint density at radius 2 is 2.11 bits per heavy atom. The van der Waals surface area contributed by atoms with Crippen molar-refractivity contribution in [2.45, 2.75) is 71.4 Å². The van der Waals surface area contributed by atoms with Crippen LogP contribution in [-0.2, 0) is 24.8 Å². The third kappa shape index (κ3) is 6.09. The highest BCUT2D eigenvalue weighted by molar-refractivity contribution is 5.70. The van der Waals surface area contributed by atoms with Gasteiger partial charge in [0.25, 0.3) is 0 Å². The number of hydrogen-bond donors (Lipinski definition) is 2. The second-order valence-corrected chi connectivity index (χ2v) is 8.96. The maximum absolute atomic E-state index is 11.4. The fraction of sp³-hybridized carbons (Fsp3) is 0.542. The van der Waals surface area contributed by atoms with Crippen LogP contribution in [0, 0.1) is 12.8 Å². The smallest absolute Gasteiger partial charge is 0.306 e. The molecule has 0 aliphatic heterocycles. The van der Waals surface area contributed by atoms with Gasteiger partial charge >= 0.3 is 5.97 Å². The fourth-order valence-corrected chi connectivity index (χ4v) is 4.29. The molecule has 35 heavy (non-hydrogen) atoms. The van der Waals surface area contributed by atoms with Gasteiger partial charge in [0.2, 0.25) is 5.95 Å². The van der Waals surface area contributed by atoms with E-state index in [4.69, 9.17) is 9.72 Å². The maximum Gasteiger partial charge on any atom is 0.306 e. The van der Waals surface area contributed by atoms with Gasteiger partial charge in [0.1, 0.15) is 11.4 Å². The van der Waals surface area contributed by atoms with Crippen LogP contribution in [0.3, 0.4) is 0 Å². The fourth-order valence-electron chi connectivity index (χ4n) is 4.29. The van der Waals surface area contributed by atoms with Gasteiger partial charge < -0.3 is 15.2 Å². The molecule has 1 aliphatic rings. The van der Waals surface area contributed by atoms with Crippen LogP contribution in [0.15, 0.2) is 18.3 Å². The summed E-state index contributed by atoms with van der Waals surface area (Å²) in [6.45, 7) is 4.44. The molecule has 3 heterocycles. The molecule has 0 bridgehead atoms. The van der Waals surface area contributed by atoms with Crippen LogP contribution in [-0.4, -0.2) is 52.3 Å². The Hall–Kier alpha value is -3.63. The topological polar surface area (TPSA) is 141 Å². The number of carboxylic acids is 1. The van der Waals surface area contributed by atoms with E-state index in [-0.39, 0.29) is 12.0 Å². The number of aliphatic carboxylic acids is 1. The molecule has 1 aliphatic carbocycles. The molecule has 3 aromatic rings. The van der Waals surface area contributed by atoms with Gasteiger partial charge in [-0.25, -0.2) is 14.6 Å². The van der Waals surface area contributed by atoms with Crippen LogP contribution in [0.2, 0.25) is 0 Å². The molecule has 186 valence electrons. The minimum atomic E-state index is -0.749. The number of aryl methyl sites for hydroxylation is 3. The molecule has 0 amide bonds. The first-order valence-electron chi connectivity index (χ1n) is 12.1. The van der Waals surface area contributed by atoms with Gasteiger partial charge in [-0.1, -0.05) is 18.6 Å². The zero-order chi connectivity index (χ0) is 24.8. The molecule has 1 fully saturated rings. The third-order valence-electron chi connectivity index (χ3n) is 6.30. The Kier molecular flexibility index (Phi) is 7.84. The number of ether oxygens (including phenoxy) is 1. The number of nitrogens with zero attached hydrogens (tertiary/aromatic N) is 7. The van der Waals surface area contributed by atoms with E-state index in [1.807, 2.05) is 26.1 Å². The van der Waals surface area contributed by atoms with Crippen LogP contribution in [0.5, 0.6) is 5.75 Å². The summed E-state index contributed by atoms with van der Waals surface area (Å²) in [5.41, 5.74) is 3.81. The predicted octanol–water partition coefficient (Wildman–Crippen LogP) is 3.35. The summed E-state index contributed by atoms with van der Waals surface area (Å²) in [4.78, 5) is 20.6. The summed E-state index contributed by atoms with van der Waals surface area (Å²) in [5.74, 6) is 0.0334. The van der Waals surface area contributed by atoms with Crippen LogP contribution in [0.4, 0.5) is 5.95 Å². The first kappa shape index (κ1) is 24.5. The maximum atomic E-state index is 11.4. The Balaban J connectivity index is 1.45. The van der Waals surface area contributed by atoms with E-state index in [0.29, 0.717) is 42.5 Å². The zero-order valence-corrected chi connectivity index (χ0v) is 20.4. The summed E-state index contributed by atoms with van der Waals surface area (Å²) in [7, 11) is 1.83. The molecule has 4 rings (SSSR count). The molecular formula is C24H32N8O3. The minimum absolute atomic E-state index is 0.117. The van der Waals surface area contributed by atoms with Crippen molar-refractivity contribution >= 4 is 11.9 Å². The van der Waals surface area contributed by atoms with E-state index in [2.05, 4.69) is 37.7 Å². The van der Waals surface area contributed by atoms with Gasteiger partial charge in [0, 0.05) is 7.05 Å². The number of nitrogens with one attached hydrogen (secondary N) is 1. The van der Waals surface area contributed by atoms with E-state index in [0.717, 1.165) is 49.2 Å². The van der Waals surface area contributed by atoms with E-state index >= 15 is 0 Å². The average Bonchev–Trinajstić information content (AvgIpc) is 3.23. The van der Waals surface area contributed by atoms with Gasteiger partial charge in [-0.3, -0.25) is 4.79 Å². The van der Waals surface area contributed by atoms with Crippen LogP contribution in [0.1, 0.15) is 62.5 Å². The van der Waals surface area contributed by atoms with Crippen molar-refractivity contribution in [1.82, 2.24) is 35.2 Å². The van der Waals surface area contributed by atoms with Crippen molar-refractivity contribution in [1.29, 1.82) is 0 Å². The summed E-state index contributed by atoms with van der Waals surface area (Å²) in [6.07, 6.45) is 7.53. The standard InChI is InChI=1S/C24H32N8O3/c1-4-5-8-17-13-26-30-24(28-17)25-14-20-22(29-31-32(20)3)19-10-11-21(15(2)27-19)35-18-9-6-7-16(12-18)23(33)34/h10-11,13,16,18H,4-9,12,14H2,1-3H3,(H,33,34)(H,25,28,30)/t16-,18-/m0/s1. The molecular weight excluding hydrogens is 448 g/mol. The van der Waals surface area contributed by atoms with Crippen molar-refractivity contribution in [2.75, 3.05) is 5.32 Å². The quantitative estimate of drug-likeness (QED) is 0.444. The lowest BCUT2D eigenvalue weighted by Gasteiger charge is -2.27. The molecule has 0 radical (unpaired) electrons. The molecule has 11 nitrogen and oxygen atoms in total. The summed E-state index contributed by atoms with van der Waals surface area (Å²) >= 11 is 0. The minimum Gasteiger partial charge on any atom is -0.489 e. The molecule has 0 unspecified atom stereocenters. The Labute approximate surface area is 204 Å². The predicted molar refractivity (Wildman–Crippen MR) is 129 cm³/mol. The number of hydrogen-bond acceptors (Lipinski definition) is 9. The van der Waals surface area contributed by atoms with Crippen molar-refractivity contribution in [3.63, 3.8) is 0 Å². The number of pyridine rings is 1. The third-order valence-corrected chi connectivity index (χ3v) is 6.30.